The van der Waals surface area contributed by atoms with Crippen molar-refractivity contribution in [3.63, 3.8) is 0 Å². The molecule has 2 rings (SSSR count). The lowest BCUT2D eigenvalue weighted by Gasteiger charge is -2.14. The Morgan fingerprint density at radius 3 is 2.89 bits per heavy atom. The second-order valence-electron chi connectivity index (χ2n) is 4.60. The SMILES string of the molecule is Cc1cc(Br)c(NS(=O)(=O)CC2CCCO2)cc1Cl. The lowest BCUT2D eigenvalue weighted by Crippen LogP contribution is -2.25. The summed E-state index contributed by atoms with van der Waals surface area (Å²) in [5.41, 5.74) is 1.34. The van der Waals surface area contributed by atoms with Crippen LogP contribution in [0.15, 0.2) is 16.6 Å². The number of hydrogen-bond donors (Lipinski definition) is 1. The Morgan fingerprint density at radius 2 is 2.26 bits per heavy atom. The predicted molar refractivity (Wildman–Crippen MR) is 80.3 cm³/mol. The molecule has 106 valence electrons. The first-order valence-corrected chi connectivity index (χ1v) is 8.77. The predicted octanol–water partition coefficient (Wildman–Crippen LogP) is 3.33. The summed E-state index contributed by atoms with van der Waals surface area (Å²) in [5.74, 6) is -0.0229. The molecule has 1 atom stereocenters. The minimum absolute atomic E-state index is 0.0229. The molecule has 1 aromatic rings. The molecular formula is C12H15BrClNO3S. The molecule has 0 aromatic heterocycles. The molecule has 1 N–H and O–H groups in total. The molecule has 4 nitrogen and oxygen atoms in total. The van der Waals surface area contributed by atoms with Crippen LogP contribution in [0.3, 0.4) is 0 Å². The molecule has 0 spiro atoms. The van der Waals surface area contributed by atoms with E-state index in [0.717, 1.165) is 18.4 Å². The maximum absolute atomic E-state index is 12.0. The van der Waals surface area contributed by atoms with Gasteiger partial charge in [0.2, 0.25) is 10.0 Å². The van der Waals surface area contributed by atoms with Crippen LogP contribution in [0.2, 0.25) is 5.02 Å². The normalized spacial score (nSPS) is 19.6. The standard InChI is InChI=1S/C12H15BrClNO3S/c1-8-5-10(13)12(6-11(8)14)15-19(16,17)7-9-3-2-4-18-9/h5-6,9,15H,2-4,7H2,1H3. The number of aryl methyl sites for hydroxylation is 1. The van der Waals surface area contributed by atoms with Crippen molar-refractivity contribution >= 4 is 43.2 Å². The van der Waals surface area contributed by atoms with Crippen LogP contribution in [-0.4, -0.2) is 26.9 Å². The molecule has 1 saturated heterocycles. The average molecular weight is 369 g/mol. The van der Waals surface area contributed by atoms with E-state index in [-0.39, 0.29) is 11.9 Å². The maximum Gasteiger partial charge on any atom is 0.235 e. The Bertz CT molecular complexity index is 571. The third-order valence-electron chi connectivity index (χ3n) is 2.94. The van der Waals surface area contributed by atoms with Gasteiger partial charge >= 0.3 is 0 Å². The fraction of sp³-hybridized carbons (Fsp3) is 0.500. The van der Waals surface area contributed by atoms with Gasteiger partial charge in [-0.15, -0.1) is 0 Å². The zero-order valence-corrected chi connectivity index (χ0v) is 13.6. The van der Waals surface area contributed by atoms with Gasteiger partial charge in [0, 0.05) is 16.1 Å². The minimum Gasteiger partial charge on any atom is -0.377 e. The highest BCUT2D eigenvalue weighted by Gasteiger charge is 2.23. The Morgan fingerprint density at radius 1 is 1.53 bits per heavy atom. The van der Waals surface area contributed by atoms with E-state index < -0.39 is 10.0 Å². The van der Waals surface area contributed by atoms with Crippen molar-refractivity contribution in [1.82, 2.24) is 0 Å². The van der Waals surface area contributed by atoms with Gasteiger partial charge in [0.05, 0.1) is 17.5 Å². The largest absolute Gasteiger partial charge is 0.377 e. The van der Waals surface area contributed by atoms with Crippen molar-refractivity contribution in [3.8, 4) is 0 Å². The summed E-state index contributed by atoms with van der Waals surface area (Å²) < 4.78 is 32.7. The van der Waals surface area contributed by atoms with Crippen LogP contribution in [0, 0.1) is 6.92 Å². The van der Waals surface area contributed by atoms with Crippen LogP contribution in [0.25, 0.3) is 0 Å². The van der Waals surface area contributed by atoms with Gasteiger partial charge in [-0.25, -0.2) is 8.42 Å². The summed E-state index contributed by atoms with van der Waals surface area (Å²) in [6.07, 6.45) is 1.49. The molecule has 1 aromatic carbocycles. The summed E-state index contributed by atoms with van der Waals surface area (Å²) in [4.78, 5) is 0. The van der Waals surface area contributed by atoms with Crippen LogP contribution < -0.4 is 4.72 Å². The van der Waals surface area contributed by atoms with Gasteiger partial charge in [-0.2, -0.15) is 0 Å². The molecule has 19 heavy (non-hydrogen) atoms. The number of rotatable bonds is 4. The highest BCUT2D eigenvalue weighted by molar-refractivity contribution is 9.10. The number of hydrogen-bond acceptors (Lipinski definition) is 3. The fourth-order valence-electron chi connectivity index (χ4n) is 1.95. The molecule has 0 radical (unpaired) electrons. The van der Waals surface area contributed by atoms with Crippen molar-refractivity contribution in [1.29, 1.82) is 0 Å². The summed E-state index contributed by atoms with van der Waals surface area (Å²) in [6, 6.07) is 3.39. The second-order valence-corrected chi connectivity index (χ2v) is 7.63. The molecule has 1 aliphatic rings. The van der Waals surface area contributed by atoms with Gasteiger partial charge in [-0.3, -0.25) is 4.72 Å². The molecule has 1 fully saturated rings. The van der Waals surface area contributed by atoms with Gasteiger partial charge in [-0.1, -0.05) is 11.6 Å². The Hall–Kier alpha value is -0.300. The van der Waals surface area contributed by atoms with Crippen molar-refractivity contribution in [2.45, 2.75) is 25.9 Å². The summed E-state index contributed by atoms with van der Waals surface area (Å²) in [5, 5.41) is 0.526. The molecule has 7 heteroatoms. The molecule has 0 saturated carbocycles. The van der Waals surface area contributed by atoms with E-state index in [2.05, 4.69) is 20.7 Å². The Balaban J connectivity index is 2.13. The molecule has 0 bridgehead atoms. The number of sulfonamides is 1. The van der Waals surface area contributed by atoms with E-state index >= 15 is 0 Å². The van der Waals surface area contributed by atoms with Crippen LogP contribution >= 0.6 is 27.5 Å². The molecule has 1 unspecified atom stereocenters. The van der Waals surface area contributed by atoms with Crippen LogP contribution in [0.5, 0.6) is 0 Å². The van der Waals surface area contributed by atoms with E-state index in [9.17, 15) is 8.42 Å². The van der Waals surface area contributed by atoms with Crippen molar-refractivity contribution in [2.75, 3.05) is 17.1 Å². The zero-order chi connectivity index (χ0) is 14.0. The molecule has 0 amide bonds. The first kappa shape index (κ1) is 15.1. The third-order valence-corrected chi connectivity index (χ3v) is 5.35. The first-order chi connectivity index (χ1) is 8.87. The Labute approximate surface area is 126 Å². The molecular weight excluding hydrogens is 354 g/mol. The van der Waals surface area contributed by atoms with Gasteiger partial charge in [0.25, 0.3) is 0 Å². The minimum atomic E-state index is -3.43. The quantitative estimate of drug-likeness (QED) is 0.887. The van der Waals surface area contributed by atoms with E-state index in [1.807, 2.05) is 6.92 Å². The highest BCUT2D eigenvalue weighted by atomic mass is 79.9. The molecule has 1 aliphatic heterocycles. The van der Waals surface area contributed by atoms with E-state index in [4.69, 9.17) is 16.3 Å². The second kappa shape index (κ2) is 5.99. The lowest BCUT2D eigenvalue weighted by molar-refractivity contribution is 0.127. The zero-order valence-electron chi connectivity index (χ0n) is 10.4. The maximum atomic E-state index is 12.0. The van der Waals surface area contributed by atoms with Gasteiger partial charge < -0.3 is 4.74 Å². The number of halogens is 2. The molecule has 0 aliphatic carbocycles. The third kappa shape index (κ3) is 4.08. The fourth-order valence-corrected chi connectivity index (χ4v) is 4.15. The number of nitrogens with one attached hydrogen (secondary N) is 1. The number of benzene rings is 1. The van der Waals surface area contributed by atoms with Crippen molar-refractivity contribution in [3.05, 3.63) is 27.2 Å². The average Bonchev–Trinajstić information content (AvgIpc) is 2.77. The Kier molecular flexibility index (Phi) is 4.76. The topological polar surface area (TPSA) is 55.4 Å². The summed E-state index contributed by atoms with van der Waals surface area (Å²) >= 11 is 9.33. The monoisotopic (exact) mass is 367 g/mol. The van der Waals surface area contributed by atoms with Crippen molar-refractivity contribution < 1.29 is 13.2 Å². The summed E-state index contributed by atoms with van der Waals surface area (Å²) in [6.45, 7) is 2.50. The highest BCUT2D eigenvalue weighted by Crippen LogP contribution is 2.30. The first-order valence-electron chi connectivity index (χ1n) is 5.95. The van der Waals surface area contributed by atoms with Crippen molar-refractivity contribution in [2.24, 2.45) is 0 Å². The number of ether oxygens (including phenoxy) is 1. The smallest absolute Gasteiger partial charge is 0.235 e. The van der Waals surface area contributed by atoms with Gasteiger partial charge in [-0.05, 0) is 53.4 Å². The van der Waals surface area contributed by atoms with Gasteiger partial charge in [0.1, 0.15) is 0 Å². The van der Waals surface area contributed by atoms with E-state index in [1.165, 1.54) is 0 Å². The lowest BCUT2D eigenvalue weighted by atomic mass is 10.2. The van der Waals surface area contributed by atoms with E-state index in [0.29, 0.717) is 21.8 Å². The van der Waals surface area contributed by atoms with Gasteiger partial charge in [0.15, 0.2) is 0 Å². The summed E-state index contributed by atoms with van der Waals surface area (Å²) in [7, 11) is -3.43. The van der Waals surface area contributed by atoms with Crippen LogP contribution in [-0.2, 0) is 14.8 Å². The number of anilines is 1. The molecule has 1 heterocycles. The van der Waals surface area contributed by atoms with Crippen LogP contribution in [0.1, 0.15) is 18.4 Å². The van der Waals surface area contributed by atoms with E-state index in [1.54, 1.807) is 12.1 Å². The van der Waals surface area contributed by atoms with Crippen LogP contribution in [0.4, 0.5) is 5.69 Å².